The van der Waals surface area contributed by atoms with Crippen molar-refractivity contribution in [1.82, 2.24) is 9.97 Å². The zero-order valence-electron chi connectivity index (χ0n) is 14.0. The Morgan fingerprint density at radius 2 is 1.89 bits per heavy atom. The van der Waals surface area contributed by atoms with Crippen molar-refractivity contribution in [3.8, 4) is 12.1 Å². The summed E-state index contributed by atoms with van der Waals surface area (Å²) < 4.78 is 0. The minimum Gasteiger partial charge on any atom is -0.325 e. The summed E-state index contributed by atoms with van der Waals surface area (Å²) in [6.45, 7) is 0. The number of hydrogen-bond acceptors (Lipinski definition) is 5. The highest BCUT2D eigenvalue weighted by Crippen LogP contribution is 2.46. The number of nitrogens with zero attached hydrogens (tertiary/aromatic N) is 4. The van der Waals surface area contributed by atoms with Gasteiger partial charge in [0.25, 0.3) is 0 Å². The maximum Gasteiger partial charge on any atom is 0.237 e. The molecule has 0 bridgehead atoms. The maximum atomic E-state index is 13.0. The Morgan fingerprint density at radius 1 is 1.15 bits per heavy atom. The van der Waals surface area contributed by atoms with Crippen LogP contribution < -0.4 is 5.32 Å². The molecule has 0 saturated carbocycles. The van der Waals surface area contributed by atoms with E-state index in [4.69, 9.17) is 11.6 Å². The summed E-state index contributed by atoms with van der Waals surface area (Å²) in [5.74, 6) is -1.62. The van der Waals surface area contributed by atoms with Gasteiger partial charge in [0.2, 0.25) is 5.91 Å². The van der Waals surface area contributed by atoms with Crippen molar-refractivity contribution in [3.05, 3.63) is 64.9 Å². The summed E-state index contributed by atoms with van der Waals surface area (Å²) in [5.41, 5.74) is 1.61. The lowest BCUT2D eigenvalue weighted by Crippen LogP contribution is -2.43. The van der Waals surface area contributed by atoms with Crippen LogP contribution in [0, 0.1) is 28.6 Å². The summed E-state index contributed by atoms with van der Waals surface area (Å²) in [6, 6.07) is 16.3. The molecule has 0 aliphatic carbocycles. The number of carbonyl (C=O) groups excluding carboxylic acids is 1. The SMILES string of the molecule is N#CC(C#N)C1(Cc2cnc3ccccc3n2)C(=O)Nc2ccc(Cl)cc21. The highest BCUT2D eigenvalue weighted by Gasteiger charge is 2.53. The van der Waals surface area contributed by atoms with E-state index < -0.39 is 17.2 Å². The van der Waals surface area contributed by atoms with Crippen molar-refractivity contribution >= 4 is 34.2 Å². The average Bonchev–Trinajstić information content (AvgIpc) is 2.95. The predicted octanol–water partition coefficient (Wildman–Crippen LogP) is 3.38. The molecule has 7 heteroatoms. The number of benzene rings is 2. The van der Waals surface area contributed by atoms with Crippen LogP contribution in [0.5, 0.6) is 0 Å². The Labute approximate surface area is 160 Å². The van der Waals surface area contributed by atoms with Crippen LogP contribution in [0.25, 0.3) is 11.0 Å². The number of rotatable bonds is 3. The molecule has 0 spiro atoms. The third-order valence-electron chi connectivity index (χ3n) is 4.83. The second-order valence-electron chi connectivity index (χ2n) is 6.33. The molecule has 6 nitrogen and oxygen atoms in total. The van der Waals surface area contributed by atoms with Crippen molar-refractivity contribution in [2.75, 3.05) is 5.32 Å². The molecular weight excluding hydrogens is 362 g/mol. The molecule has 0 radical (unpaired) electrons. The number of fused-ring (bicyclic) bond motifs is 2. The Kier molecular flexibility index (Phi) is 3.99. The number of anilines is 1. The van der Waals surface area contributed by atoms with Crippen molar-refractivity contribution in [2.24, 2.45) is 5.92 Å². The number of amides is 1. The van der Waals surface area contributed by atoms with Gasteiger partial charge in [-0.15, -0.1) is 0 Å². The van der Waals surface area contributed by atoms with Gasteiger partial charge in [0.1, 0.15) is 5.41 Å². The summed E-state index contributed by atoms with van der Waals surface area (Å²) in [5, 5.41) is 22.4. The topological polar surface area (TPSA) is 102 Å². The minimum absolute atomic E-state index is 0.0653. The smallest absolute Gasteiger partial charge is 0.237 e. The second-order valence-corrected chi connectivity index (χ2v) is 6.77. The van der Waals surface area contributed by atoms with Crippen LogP contribution >= 0.6 is 11.6 Å². The predicted molar refractivity (Wildman–Crippen MR) is 99.7 cm³/mol. The van der Waals surface area contributed by atoms with Crippen LogP contribution in [0.1, 0.15) is 11.3 Å². The van der Waals surface area contributed by atoms with Gasteiger partial charge in [-0.25, -0.2) is 4.98 Å². The fourth-order valence-corrected chi connectivity index (χ4v) is 3.70. The first-order valence-corrected chi connectivity index (χ1v) is 8.57. The van der Waals surface area contributed by atoms with Crippen molar-refractivity contribution in [2.45, 2.75) is 11.8 Å². The van der Waals surface area contributed by atoms with Crippen molar-refractivity contribution in [1.29, 1.82) is 10.5 Å². The van der Waals surface area contributed by atoms with E-state index >= 15 is 0 Å². The first-order valence-electron chi connectivity index (χ1n) is 8.20. The largest absolute Gasteiger partial charge is 0.325 e. The normalized spacial score (nSPS) is 18.0. The van der Waals surface area contributed by atoms with Crippen LogP contribution in [-0.2, 0) is 16.6 Å². The summed E-state index contributed by atoms with van der Waals surface area (Å²) in [6.07, 6.45) is 1.64. The van der Waals surface area contributed by atoms with Gasteiger partial charge < -0.3 is 5.32 Å². The highest BCUT2D eigenvalue weighted by atomic mass is 35.5. The number of hydrogen-bond donors (Lipinski definition) is 1. The molecule has 1 unspecified atom stereocenters. The van der Waals surface area contributed by atoms with Gasteiger partial charge in [-0.3, -0.25) is 9.78 Å². The third-order valence-corrected chi connectivity index (χ3v) is 5.06. The van der Waals surface area contributed by atoms with Crippen LogP contribution in [0.3, 0.4) is 0 Å². The van der Waals surface area contributed by atoms with Gasteiger partial charge in [0, 0.05) is 23.3 Å². The fraction of sp³-hybridized carbons (Fsp3) is 0.150. The Morgan fingerprint density at radius 3 is 2.63 bits per heavy atom. The first kappa shape index (κ1) is 17.0. The van der Waals surface area contributed by atoms with E-state index in [1.165, 1.54) is 0 Å². The molecule has 130 valence electrons. The van der Waals surface area contributed by atoms with E-state index in [0.29, 0.717) is 27.5 Å². The molecule has 2 heterocycles. The van der Waals surface area contributed by atoms with E-state index in [-0.39, 0.29) is 6.42 Å². The zero-order valence-corrected chi connectivity index (χ0v) is 14.7. The molecule has 0 fully saturated rings. The third kappa shape index (κ3) is 2.59. The zero-order chi connectivity index (χ0) is 19.0. The second kappa shape index (κ2) is 6.35. The van der Waals surface area contributed by atoms with Crippen LogP contribution in [-0.4, -0.2) is 15.9 Å². The van der Waals surface area contributed by atoms with Crippen LogP contribution in [0.15, 0.2) is 48.7 Å². The minimum atomic E-state index is -1.40. The van der Waals surface area contributed by atoms with E-state index in [0.717, 1.165) is 5.52 Å². The molecule has 1 amide bonds. The number of para-hydroxylation sites is 2. The standard InChI is InChI=1S/C20H12ClN5O/c21-13-5-6-16-15(7-13)20(19(27)26-16,12(9-22)10-23)8-14-11-24-17-3-1-2-4-18(17)25-14/h1-7,11-12H,8H2,(H,26,27). The molecule has 3 aromatic rings. The number of nitrogens with one attached hydrogen (secondary N) is 1. The molecule has 1 N–H and O–H groups in total. The Balaban J connectivity index is 1.90. The lowest BCUT2D eigenvalue weighted by atomic mass is 9.69. The van der Waals surface area contributed by atoms with E-state index in [1.807, 2.05) is 36.4 Å². The molecule has 27 heavy (non-hydrogen) atoms. The number of nitriles is 2. The summed E-state index contributed by atoms with van der Waals surface area (Å²) >= 11 is 6.14. The van der Waals surface area contributed by atoms with Crippen LogP contribution in [0.4, 0.5) is 5.69 Å². The molecule has 1 aliphatic heterocycles. The van der Waals surface area contributed by atoms with Gasteiger partial charge in [0.15, 0.2) is 5.92 Å². The lowest BCUT2D eigenvalue weighted by Gasteiger charge is -2.28. The van der Waals surface area contributed by atoms with Gasteiger partial charge in [-0.2, -0.15) is 10.5 Å². The number of carbonyl (C=O) groups is 1. The van der Waals surface area contributed by atoms with E-state index in [2.05, 4.69) is 15.3 Å². The van der Waals surface area contributed by atoms with E-state index in [9.17, 15) is 15.3 Å². The number of aromatic nitrogens is 2. The lowest BCUT2D eigenvalue weighted by molar-refractivity contribution is -0.121. The fourth-order valence-electron chi connectivity index (χ4n) is 3.53. The molecular formula is C20H12ClN5O. The highest BCUT2D eigenvalue weighted by molar-refractivity contribution is 6.31. The molecule has 1 aromatic heterocycles. The maximum absolute atomic E-state index is 13.0. The summed E-state index contributed by atoms with van der Waals surface area (Å²) in [4.78, 5) is 21.9. The van der Waals surface area contributed by atoms with E-state index in [1.54, 1.807) is 24.4 Å². The van der Waals surface area contributed by atoms with Gasteiger partial charge >= 0.3 is 0 Å². The summed E-state index contributed by atoms with van der Waals surface area (Å²) in [7, 11) is 0. The van der Waals surface area contributed by atoms with Crippen molar-refractivity contribution < 1.29 is 4.79 Å². The molecule has 1 aliphatic rings. The van der Waals surface area contributed by atoms with Crippen LogP contribution in [0.2, 0.25) is 5.02 Å². The molecule has 1 atom stereocenters. The quantitative estimate of drug-likeness (QED) is 0.758. The van der Waals surface area contributed by atoms with Gasteiger partial charge in [-0.05, 0) is 35.9 Å². The van der Waals surface area contributed by atoms with Crippen molar-refractivity contribution in [3.63, 3.8) is 0 Å². The first-order chi connectivity index (χ1) is 13.1. The van der Waals surface area contributed by atoms with Gasteiger partial charge in [0.05, 0.1) is 28.9 Å². The Hall–Kier alpha value is -3.48. The monoisotopic (exact) mass is 373 g/mol. The molecule has 0 saturated heterocycles. The molecule has 2 aromatic carbocycles. The number of halogens is 1. The van der Waals surface area contributed by atoms with Gasteiger partial charge in [-0.1, -0.05) is 23.7 Å². The Bertz CT molecular complexity index is 1150. The average molecular weight is 374 g/mol. The molecule has 4 rings (SSSR count).